The van der Waals surface area contributed by atoms with Crippen molar-refractivity contribution in [3.63, 3.8) is 0 Å². The first kappa shape index (κ1) is 18.2. The summed E-state index contributed by atoms with van der Waals surface area (Å²) in [6, 6.07) is 1.74. The van der Waals surface area contributed by atoms with E-state index < -0.39 is 10.0 Å². The minimum atomic E-state index is -3.45. The molecule has 0 bridgehead atoms. The summed E-state index contributed by atoms with van der Waals surface area (Å²) in [5.74, 6) is 0.277. The van der Waals surface area contributed by atoms with E-state index >= 15 is 0 Å². The second-order valence-electron chi connectivity index (χ2n) is 5.61. The summed E-state index contributed by atoms with van der Waals surface area (Å²) in [5, 5.41) is 3.24. The van der Waals surface area contributed by atoms with Gasteiger partial charge in [-0.3, -0.25) is 0 Å². The predicted molar refractivity (Wildman–Crippen MR) is 86.7 cm³/mol. The Morgan fingerprint density at radius 2 is 1.90 bits per heavy atom. The minimum Gasteiger partial charge on any atom is -0.349 e. The summed E-state index contributed by atoms with van der Waals surface area (Å²) in [6.07, 6.45) is 2.51. The molecule has 0 aliphatic heterocycles. The Hall–Kier alpha value is -0.850. The highest BCUT2D eigenvalue weighted by molar-refractivity contribution is 7.89. The molecule has 0 fully saturated rings. The Kier molecular flexibility index (Phi) is 6.90. The first-order chi connectivity index (χ1) is 9.85. The second-order valence-corrected chi connectivity index (χ2v) is 7.33. The van der Waals surface area contributed by atoms with Gasteiger partial charge in [-0.05, 0) is 31.9 Å². The van der Waals surface area contributed by atoms with Crippen LogP contribution in [0, 0.1) is 5.92 Å². The van der Waals surface area contributed by atoms with Crippen molar-refractivity contribution < 1.29 is 8.42 Å². The van der Waals surface area contributed by atoms with E-state index in [2.05, 4.69) is 10.0 Å². The van der Waals surface area contributed by atoms with Crippen LogP contribution in [0.3, 0.4) is 0 Å². The number of nitrogens with zero attached hydrogens (tertiary/aromatic N) is 1. The Morgan fingerprint density at radius 1 is 1.24 bits per heavy atom. The summed E-state index contributed by atoms with van der Waals surface area (Å²) < 4.78 is 29.8. The Labute approximate surface area is 129 Å². The van der Waals surface area contributed by atoms with Crippen molar-refractivity contribution in [1.29, 1.82) is 0 Å². The van der Waals surface area contributed by atoms with E-state index in [1.807, 2.05) is 39.2 Å². The summed E-state index contributed by atoms with van der Waals surface area (Å²) >= 11 is 0. The number of sulfonamides is 1. The highest BCUT2D eigenvalue weighted by Gasteiger charge is 2.23. The van der Waals surface area contributed by atoms with Crippen molar-refractivity contribution in [2.24, 2.45) is 5.92 Å². The maximum Gasteiger partial charge on any atom is 0.242 e. The fourth-order valence-electron chi connectivity index (χ4n) is 2.33. The van der Waals surface area contributed by atoms with E-state index in [-0.39, 0.29) is 12.0 Å². The van der Waals surface area contributed by atoms with Crippen molar-refractivity contribution >= 4 is 10.0 Å². The molecular weight excluding hydrogens is 286 g/mol. The Morgan fingerprint density at radius 3 is 2.38 bits per heavy atom. The van der Waals surface area contributed by atoms with Gasteiger partial charge < -0.3 is 9.88 Å². The average Bonchev–Trinajstić information content (AvgIpc) is 2.86. The van der Waals surface area contributed by atoms with Crippen molar-refractivity contribution in [1.82, 2.24) is 14.6 Å². The lowest BCUT2D eigenvalue weighted by Crippen LogP contribution is -2.37. The maximum absolute atomic E-state index is 12.5. The van der Waals surface area contributed by atoms with Crippen molar-refractivity contribution in [2.45, 2.75) is 65.1 Å². The molecule has 21 heavy (non-hydrogen) atoms. The van der Waals surface area contributed by atoms with Crippen molar-refractivity contribution in [3.05, 3.63) is 18.0 Å². The lowest BCUT2D eigenvalue weighted by atomic mass is 10.0. The van der Waals surface area contributed by atoms with Gasteiger partial charge in [0.05, 0.1) is 4.90 Å². The molecular formula is C15H29N3O2S. The molecule has 0 aromatic carbocycles. The quantitative estimate of drug-likeness (QED) is 0.735. The first-order valence-electron chi connectivity index (χ1n) is 7.77. The van der Waals surface area contributed by atoms with Gasteiger partial charge in [-0.25, -0.2) is 13.1 Å². The normalized spacial score (nSPS) is 13.8. The molecule has 0 radical (unpaired) electrons. The number of hydrogen-bond donors (Lipinski definition) is 2. The van der Waals surface area contributed by atoms with Gasteiger partial charge in [-0.1, -0.05) is 27.7 Å². The lowest BCUT2D eigenvalue weighted by Gasteiger charge is -2.20. The van der Waals surface area contributed by atoms with E-state index in [1.165, 1.54) is 0 Å². The lowest BCUT2D eigenvalue weighted by molar-refractivity contribution is 0.437. The van der Waals surface area contributed by atoms with E-state index in [9.17, 15) is 8.42 Å². The van der Waals surface area contributed by atoms with Crippen LogP contribution in [0.5, 0.6) is 0 Å². The molecule has 122 valence electrons. The van der Waals surface area contributed by atoms with Crippen molar-refractivity contribution in [3.8, 4) is 0 Å². The average molecular weight is 315 g/mol. The van der Waals surface area contributed by atoms with Crippen LogP contribution in [0.15, 0.2) is 17.2 Å². The molecule has 5 nitrogen and oxygen atoms in total. The maximum atomic E-state index is 12.5. The summed E-state index contributed by atoms with van der Waals surface area (Å²) in [5.41, 5.74) is 0.998. The Balaban J connectivity index is 3.00. The van der Waals surface area contributed by atoms with Gasteiger partial charge in [0.25, 0.3) is 0 Å². The third-order valence-corrected chi connectivity index (χ3v) is 5.18. The SMILES string of the molecule is CCNCc1cc(S(=O)(=O)NC(CC)C(C)C)cn1CC. The Bertz CT molecular complexity index is 535. The van der Waals surface area contributed by atoms with Crippen LogP contribution >= 0.6 is 0 Å². The molecule has 0 saturated carbocycles. The van der Waals surface area contributed by atoms with Crippen LogP contribution in [-0.4, -0.2) is 25.6 Å². The van der Waals surface area contributed by atoms with Crippen LogP contribution in [0.1, 0.15) is 46.7 Å². The van der Waals surface area contributed by atoms with E-state index in [0.717, 1.165) is 25.2 Å². The predicted octanol–water partition coefficient (Wildman–Crippen LogP) is 2.33. The number of rotatable bonds is 9. The molecule has 0 aliphatic rings. The number of aryl methyl sites for hydroxylation is 1. The highest BCUT2D eigenvalue weighted by atomic mass is 32.2. The molecule has 2 N–H and O–H groups in total. The molecule has 1 atom stereocenters. The zero-order valence-corrected chi connectivity index (χ0v) is 14.6. The van der Waals surface area contributed by atoms with Gasteiger partial charge in [-0.2, -0.15) is 0 Å². The third kappa shape index (κ3) is 4.83. The van der Waals surface area contributed by atoms with Gasteiger partial charge in [0, 0.05) is 31.0 Å². The monoisotopic (exact) mass is 315 g/mol. The summed E-state index contributed by atoms with van der Waals surface area (Å²) in [6.45, 7) is 12.4. The first-order valence-corrected chi connectivity index (χ1v) is 9.26. The van der Waals surface area contributed by atoms with Gasteiger partial charge in [0.1, 0.15) is 0 Å². The fourth-order valence-corrected chi connectivity index (χ4v) is 3.86. The molecule has 1 aromatic rings. The standard InChI is InChI=1S/C15H29N3O2S/c1-6-15(12(4)5)17-21(19,20)14-9-13(10-16-7-2)18(8-3)11-14/h9,11-12,15-17H,6-8,10H2,1-5H3. The molecule has 6 heteroatoms. The van der Waals surface area contributed by atoms with Crippen molar-refractivity contribution in [2.75, 3.05) is 6.54 Å². The van der Waals surface area contributed by atoms with Gasteiger partial charge in [-0.15, -0.1) is 0 Å². The largest absolute Gasteiger partial charge is 0.349 e. The second kappa shape index (κ2) is 7.96. The molecule has 1 aromatic heterocycles. The van der Waals surface area contributed by atoms with Crippen LogP contribution in [0.2, 0.25) is 0 Å². The zero-order chi connectivity index (χ0) is 16.0. The van der Waals surface area contributed by atoms with Gasteiger partial charge >= 0.3 is 0 Å². The molecule has 0 spiro atoms. The zero-order valence-electron chi connectivity index (χ0n) is 13.8. The molecule has 1 unspecified atom stereocenters. The topological polar surface area (TPSA) is 63.1 Å². The molecule has 1 heterocycles. The third-order valence-electron chi connectivity index (χ3n) is 3.72. The van der Waals surface area contributed by atoms with Crippen LogP contribution in [0.25, 0.3) is 0 Å². The van der Waals surface area contributed by atoms with Crippen LogP contribution in [-0.2, 0) is 23.1 Å². The fraction of sp³-hybridized carbons (Fsp3) is 0.733. The minimum absolute atomic E-state index is 0.0304. The molecule has 1 rings (SSSR count). The molecule has 0 amide bonds. The number of aromatic nitrogens is 1. The van der Waals surface area contributed by atoms with Gasteiger partial charge in [0.15, 0.2) is 0 Å². The molecule has 0 saturated heterocycles. The smallest absolute Gasteiger partial charge is 0.242 e. The van der Waals surface area contributed by atoms with Crippen LogP contribution in [0.4, 0.5) is 0 Å². The highest BCUT2D eigenvalue weighted by Crippen LogP contribution is 2.17. The van der Waals surface area contributed by atoms with E-state index in [1.54, 1.807) is 12.3 Å². The van der Waals surface area contributed by atoms with E-state index in [0.29, 0.717) is 11.4 Å². The summed E-state index contributed by atoms with van der Waals surface area (Å²) in [7, 11) is -3.45. The molecule has 0 aliphatic carbocycles. The van der Waals surface area contributed by atoms with Gasteiger partial charge in [0.2, 0.25) is 10.0 Å². The number of hydrogen-bond acceptors (Lipinski definition) is 3. The summed E-state index contributed by atoms with van der Waals surface area (Å²) in [4.78, 5) is 0.358. The van der Waals surface area contributed by atoms with E-state index in [4.69, 9.17) is 0 Å². The van der Waals surface area contributed by atoms with Crippen LogP contribution < -0.4 is 10.0 Å². The number of nitrogens with one attached hydrogen (secondary N) is 2.